The summed E-state index contributed by atoms with van der Waals surface area (Å²) in [4.78, 5) is 4.67. The first-order valence-corrected chi connectivity index (χ1v) is 9.74. The van der Waals surface area contributed by atoms with Crippen molar-refractivity contribution in [2.45, 2.75) is 40.5 Å². The molecule has 0 saturated heterocycles. The molecule has 0 heterocycles. The molecule has 2 aliphatic carbocycles. The molecular weight excluding hydrogens is 323 g/mol. The molecular formula is C17H24Cl2Ti. The maximum absolute atomic E-state index is 4.67. The average Bonchev–Trinajstić information content (AvgIpc) is 2.91. The first-order valence-electron chi connectivity index (χ1n) is 7.07. The van der Waals surface area contributed by atoms with Crippen LogP contribution in [0.1, 0.15) is 40.5 Å². The van der Waals surface area contributed by atoms with Crippen LogP contribution < -0.4 is 24.8 Å². The van der Waals surface area contributed by atoms with E-state index in [-0.39, 0.29) is 24.8 Å². The molecule has 0 spiro atoms. The van der Waals surface area contributed by atoms with Crippen LogP contribution in [0.4, 0.5) is 0 Å². The molecule has 0 N–H and O–H groups in total. The predicted octanol–water partition coefficient (Wildman–Crippen LogP) is -1.22. The third kappa shape index (κ3) is 3.66. The van der Waals surface area contributed by atoms with Gasteiger partial charge in [-0.3, -0.25) is 0 Å². The number of halogens is 2. The van der Waals surface area contributed by atoms with Gasteiger partial charge in [-0.25, -0.2) is 0 Å². The van der Waals surface area contributed by atoms with Crippen LogP contribution in [-0.2, 0) is 17.4 Å². The molecule has 0 aliphatic heterocycles. The second-order valence-corrected chi connectivity index (χ2v) is 8.60. The maximum atomic E-state index is 4.67. The Balaban J connectivity index is 0.00000180. The van der Waals surface area contributed by atoms with E-state index in [9.17, 15) is 0 Å². The largest absolute Gasteiger partial charge is 1.00 e. The number of hydrogen-bond donors (Lipinski definition) is 0. The summed E-state index contributed by atoms with van der Waals surface area (Å²) in [6, 6.07) is 0. The number of allylic oxidation sites excluding steroid dienone is 8. The van der Waals surface area contributed by atoms with Gasteiger partial charge in [-0.2, -0.15) is 0 Å². The Hall–Kier alpha value is 0.124. The summed E-state index contributed by atoms with van der Waals surface area (Å²) >= 11 is -1.50. The van der Waals surface area contributed by atoms with Crippen molar-refractivity contribution < 1.29 is 42.2 Å². The van der Waals surface area contributed by atoms with Crippen molar-refractivity contribution in [3.8, 4) is 0 Å². The van der Waals surface area contributed by atoms with Crippen molar-refractivity contribution in [1.82, 2.24) is 0 Å². The minimum Gasteiger partial charge on any atom is -1.00 e. The molecule has 0 saturated carbocycles. The van der Waals surface area contributed by atoms with Crippen molar-refractivity contribution in [3.63, 3.8) is 0 Å². The molecule has 0 radical (unpaired) electrons. The first kappa shape index (κ1) is 20.1. The van der Waals surface area contributed by atoms with Crippen molar-refractivity contribution in [2.75, 3.05) is 0 Å². The van der Waals surface area contributed by atoms with Crippen LogP contribution >= 0.6 is 0 Å². The summed E-state index contributed by atoms with van der Waals surface area (Å²) in [5.74, 6) is 1.35. The monoisotopic (exact) mass is 346 g/mol. The third-order valence-electron chi connectivity index (χ3n) is 4.28. The Morgan fingerprint density at radius 1 is 0.900 bits per heavy atom. The molecule has 2 unspecified atom stereocenters. The van der Waals surface area contributed by atoms with Gasteiger partial charge in [0, 0.05) is 0 Å². The zero-order valence-electron chi connectivity index (χ0n) is 12.8. The Morgan fingerprint density at radius 3 is 1.55 bits per heavy atom. The van der Waals surface area contributed by atoms with E-state index >= 15 is 0 Å². The molecule has 0 aromatic heterocycles. The van der Waals surface area contributed by atoms with Gasteiger partial charge < -0.3 is 24.8 Å². The van der Waals surface area contributed by atoms with Crippen molar-refractivity contribution in [1.29, 1.82) is 0 Å². The first-order chi connectivity index (χ1) is 8.60. The van der Waals surface area contributed by atoms with Gasteiger partial charge in [0.1, 0.15) is 0 Å². The van der Waals surface area contributed by atoms with E-state index in [1.54, 1.807) is 7.76 Å². The zero-order valence-corrected chi connectivity index (χ0v) is 15.9. The maximum Gasteiger partial charge on any atom is -1.00 e. The standard InChI is InChI=1S/2C8H11.CH2.2ClH.Ti/c2*1-3-8-5-4-7(2)6-8;;;;/h2*4-5,8H,3H2,1-2H3;1H2;2*1H;/q;;;;;+2/p-2. The Kier molecular flexibility index (Phi) is 8.59. The molecule has 0 fully saturated rings. The van der Waals surface area contributed by atoms with E-state index in [1.807, 2.05) is 0 Å². The fourth-order valence-electron chi connectivity index (χ4n) is 3.23. The Morgan fingerprint density at radius 2 is 1.25 bits per heavy atom. The van der Waals surface area contributed by atoms with Crippen LogP contribution in [-0.4, -0.2) is 4.82 Å². The molecule has 0 amide bonds. The van der Waals surface area contributed by atoms with Crippen LogP contribution in [0.25, 0.3) is 0 Å². The Bertz CT molecular complexity index is 451. The second kappa shape index (κ2) is 8.54. The van der Waals surface area contributed by atoms with Crippen LogP contribution in [0.5, 0.6) is 0 Å². The second-order valence-electron chi connectivity index (χ2n) is 5.42. The van der Waals surface area contributed by atoms with E-state index in [2.05, 4.69) is 56.8 Å². The zero-order chi connectivity index (χ0) is 13.3. The van der Waals surface area contributed by atoms with E-state index < -0.39 is 17.4 Å². The van der Waals surface area contributed by atoms with E-state index in [1.165, 1.54) is 24.0 Å². The topological polar surface area (TPSA) is 0 Å². The van der Waals surface area contributed by atoms with Crippen LogP contribution in [0.3, 0.4) is 0 Å². The molecule has 110 valence electrons. The van der Waals surface area contributed by atoms with E-state index in [0.29, 0.717) is 11.8 Å². The molecule has 2 aliphatic rings. The molecule has 2 rings (SSSR count). The van der Waals surface area contributed by atoms with Gasteiger partial charge in [0.05, 0.1) is 0 Å². The van der Waals surface area contributed by atoms with Gasteiger partial charge in [0.15, 0.2) is 0 Å². The average molecular weight is 347 g/mol. The quantitative estimate of drug-likeness (QED) is 0.560. The summed E-state index contributed by atoms with van der Waals surface area (Å²) in [5, 5.41) is 0. The van der Waals surface area contributed by atoms with Crippen LogP contribution in [0.2, 0.25) is 0 Å². The van der Waals surface area contributed by atoms with Gasteiger partial charge in [-0.15, -0.1) is 0 Å². The van der Waals surface area contributed by atoms with Gasteiger partial charge in [-0.05, 0) is 0 Å². The molecule has 3 heteroatoms. The molecule has 0 nitrogen and oxygen atoms in total. The van der Waals surface area contributed by atoms with Gasteiger partial charge in [-0.1, -0.05) is 0 Å². The number of hydrogen-bond acceptors (Lipinski definition) is 0. The van der Waals surface area contributed by atoms with Gasteiger partial charge in [0.2, 0.25) is 0 Å². The summed E-state index contributed by atoms with van der Waals surface area (Å²) in [6.07, 6.45) is 11.9. The molecule has 20 heavy (non-hydrogen) atoms. The summed E-state index contributed by atoms with van der Waals surface area (Å²) in [5.41, 5.74) is 3.02. The van der Waals surface area contributed by atoms with Crippen LogP contribution in [0, 0.1) is 11.8 Å². The molecule has 0 aromatic rings. The minimum atomic E-state index is -1.50. The Labute approximate surface area is 142 Å². The number of rotatable bonds is 4. The van der Waals surface area contributed by atoms with E-state index in [4.69, 9.17) is 0 Å². The predicted molar refractivity (Wildman–Crippen MR) is 78.4 cm³/mol. The third-order valence-corrected chi connectivity index (χ3v) is 8.70. The van der Waals surface area contributed by atoms with Gasteiger partial charge >= 0.3 is 118 Å². The van der Waals surface area contributed by atoms with Crippen molar-refractivity contribution >= 4 is 4.82 Å². The summed E-state index contributed by atoms with van der Waals surface area (Å²) in [7, 11) is 0. The summed E-state index contributed by atoms with van der Waals surface area (Å²) in [6.45, 7) is 9.15. The molecule has 0 bridgehead atoms. The fourth-order valence-corrected chi connectivity index (χ4v) is 7.76. The SMILES string of the molecule is [CH2]=[Ti+2]([C]1=C(C)C=CC1CC)[C]1=C(C)C=CC1CC.[Cl-].[Cl-]. The summed E-state index contributed by atoms with van der Waals surface area (Å²) < 4.78 is 3.43. The normalized spacial score (nSPS) is 23.6. The smallest absolute Gasteiger partial charge is 1.00 e. The van der Waals surface area contributed by atoms with Crippen molar-refractivity contribution in [3.05, 3.63) is 43.2 Å². The van der Waals surface area contributed by atoms with Gasteiger partial charge in [0.25, 0.3) is 0 Å². The fraction of sp³-hybridized carbons (Fsp3) is 0.471. The molecule has 2 atom stereocenters. The van der Waals surface area contributed by atoms with E-state index in [0.717, 1.165) is 0 Å². The minimum absolute atomic E-state index is 0. The molecule has 0 aromatic carbocycles. The van der Waals surface area contributed by atoms with Crippen LogP contribution in [0.15, 0.2) is 43.2 Å². The van der Waals surface area contributed by atoms with Crippen molar-refractivity contribution in [2.24, 2.45) is 11.8 Å².